The summed E-state index contributed by atoms with van der Waals surface area (Å²) in [7, 11) is 0. The van der Waals surface area contributed by atoms with Crippen molar-refractivity contribution >= 4 is 6.29 Å². The van der Waals surface area contributed by atoms with Crippen LogP contribution in [-0.2, 0) is 0 Å². The molecule has 1 aromatic rings. The Morgan fingerprint density at radius 3 is 2.95 bits per heavy atom. The number of aldehydes is 1. The number of hydrogen-bond donors (Lipinski definition) is 1. The van der Waals surface area contributed by atoms with E-state index in [9.17, 15) is 9.90 Å². The number of ether oxygens (including phenoxy) is 1. The zero-order valence-corrected chi connectivity index (χ0v) is 13.6. The van der Waals surface area contributed by atoms with Crippen molar-refractivity contribution in [3.8, 4) is 5.75 Å². The molecule has 0 amide bonds. The van der Waals surface area contributed by atoms with Crippen LogP contribution in [0.15, 0.2) is 18.3 Å². The van der Waals surface area contributed by atoms with Crippen LogP contribution in [0.4, 0.5) is 0 Å². The Kier molecular flexibility index (Phi) is 5.95. The number of rotatable bonds is 7. The minimum absolute atomic E-state index is 0.262. The molecule has 2 rings (SSSR count). The Labute approximate surface area is 132 Å². The molecule has 4 heteroatoms. The van der Waals surface area contributed by atoms with Crippen molar-refractivity contribution in [3.63, 3.8) is 0 Å². The van der Waals surface area contributed by atoms with Gasteiger partial charge >= 0.3 is 0 Å². The van der Waals surface area contributed by atoms with Crippen LogP contribution < -0.4 is 4.74 Å². The Balaban J connectivity index is 2.04. The van der Waals surface area contributed by atoms with Gasteiger partial charge in [0, 0.05) is 6.20 Å². The highest BCUT2D eigenvalue weighted by Gasteiger charge is 2.38. The minimum Gasteiger partial charge on any atom is -0.491 e. The number of aliphatic hydroxyl groups is 1. The lowest BCUT2D eigenvalue weighted by atomic mass is 9.69. The van der Waals surface area contributed by atoms with Crippen LogP contribution in [0.1, 0.15) is 62.9 Å². The van der Waals surface area contributed by atoms with Gasteiger partial charge in [-0.2, -0.15) is 0 Å². The smallest absolute Gasteiger partial charge is 0.172 e. The first-order chi connectivity index (χ1) is 10.6. The van der Waals surface area contributed by atoms with Crippen LogP contribution >= 0.6 is 0 Å². The molecular weight excluding hydrogens is 278 g/mol. The van der Waals surface area contributed by atoms with Crippen LogP contribution in [0.5, 0.6) is 5.75 Å². The quantitative estimate of drug-likeness (QED) is 0.781. The molecule has 0 bridgehead atoms. The van der Waals surface area contributed by atoms with Gasteiger partial charge in [0.05, 0.1) is 12.2 Å². The van der Waals surface area contributed by atoms with Crippen LogP contribution in [0, 0.1) is 11.8 Å². The van der Waals surface area contributed by atoms with Crippen LogP contribution in [-0.4, -0.2) is 28.6 Å². The first kappa shape index (κ1) is 16.9. The lowest BCUT2D eigenvalue weighted by Crippen LogP contribution is -2.42. The van der Waals surface area contributed by atoms with Gasteiger partial charge in [0.2, 0.25) is 0 Å². The highest BCUT2D eigenvalue weighted by atomic mass is 16.5. The molecule has 1 N–H and O–H groups in total. The average Bonchev–Trinajstić information content (AvgIpc) is 2.53. The van der Waals surface area contributed by atoms with Gasteiger partial charge < -0.3 is 9.84 Å². The molecule has 22 heavy (non-hydrogen) atoms. The Bertz CT molecular complexity index is 487. The lowest BCUT2D eigenvalue weighted by molar-refractivity contribution is -0.0579. The normalized spacial score (nSPS) is 24.5. The third kappa shape index (κ3) is 4.07. The average molecular weight is 305 g/mol. The van der Waals surface area contributed by atoms with E-state index < -0.39 is 5.60 Å². The van der Waals surface area contributed by atoms with Gasteiger partial charge in [0.1, 0.15) is 11.4 Å². The molecule has 1 saturated carbocycles. The first-order valence-electron chi connectivity index (χ1n) is 8.34. The third-order valence-electron chi connectivity index (χ3n) is 4.83. The highest BCUT2D eigenvalue weighted by molar-refractivity contribution is 5.75. The number of carbonyl (C=O) groups is 1. The van der Waals surface area contributed by atoms with Crippen molar-refractivity contribution < 1.29 is 14.6 Å². The zero-order valence-electron chi connectivity index (χ0n) is 13.6. The van der Waals surface area contributed by atoms with Gasteiger partial charge in [0.15, 0.2) is 6.29 Å². The summed E-state index contributed by atoms with van der Waals surface area (Å²) in [5.41, 5.74) is -0.291. The van der Waals surface area contributed by atoms with Crippen molar-refractivity contribution in [1.29, 1.82) is 0 Å². The van der Waals surface area contributed by atoms with E-state index in [1.54, 1.807) is 18.3 Å². The summed E-state index contributed by atoms with van der Waals surface area (Å²) in [5.74, 6) is 1.13. The lowest BCUT2D eigenvalue weighted by Gasteiger charge is -2.41. The molecule has 1 aliphatic carbocycles. The van der Waals surface area contributed by atoms with E-state index in [0.29, 0.717) is 24.0 Å². The molecule has 122 valence electrons. The highest BCUT2D eigenvalue weighted by Crippen LogP contribution is 2.39. The largest absolute Gasteiger partial charge is 0.491 e. The Morgan fingerprint density at radius 1 is 1.45 bits per heavy atom. The van der Waals surface area contributed by atoms with Gasteiger partial charge in [0.25, 0.3) is 0 Å². The van der Waals surface area contributed by atoms with Gasteiger partial charge in [-0.15, -0.1) is 0 Å². The molecule has 1 fully saturated rings. The molecule has 0 aromatic carbocycles. The predicted octanol–water partition coefficient (Wildman–Crippen LogP) is 3.63. The van der Waals surface area contributed by atoms with E-state index in [2.05, 4.69) is 11.9 Å². The predicted molar refractivity (Wildman–Crippen MR) is 86.1 cm³/mol. The summed E-state index contributed by atoms with van der Waals surface area (Å²) in [4.78, 5) is 15.0. The topological polar surface area (TPSA) is 59.4 Å². The summed E-state index contributed by atoms with van der Waals surface area (Å²) in [6.45, 7) is 4.60. The number of carbonyl (C=O) groups excluding carboxylic acids is 1. The summed E-state index contributed by atoms with van der Waals surface area (Å²) in [6.07, 6.45) is 8.59. The van der Waals surface area contributed by atoms with Crippen LogP contribution in [0.3, 0.4) is 0 Å². The van der Waals surface area contributed by atoms with Gasteiger partial charge in [-0.05, 0) is 50.2 Å². The second-order valence-electron chi connectivity index (χ2n) is 6.57. The van der Waals surface area contributed by atoms with Crippen molar-refractivity contribution in [1.82, 2.24) is 4.98 Å². The van der Waals surface area contributed by atoms with Gasteiger partial charge in [-0.1, -0.05) is 26.2 Å². The van der Waals surface area contributed by atoms with Crippen molar-refractivity contribution in [2.75, 3.05) is 6.61 Å². The minimum atomic E-state index is -0.633. The van der Waals surface area contributed by atoms with E-state index in [1.807, 2.05) is 6.92 Å². The summed E-state index contributed by atoms with van der Waals surface area (Å²) >= 11 is 0. The van der Waals surface area contributed by atoms with Gasteiger partial charge in [-0.25, -0.2) is 4.98 Å². The SMILES string of the molecule is CCCC(C)(O)C1CCCCC1COc1cccnc1C=O. The maximum Gasteiger partial charge on any atom is 0.172 e. The molecule has 1 aliphatic rings. The van der Waals surface area contributed by atoms with E-state index in [-0.39, 0.29) is 5.92 Å². The Morgan fingerprint density at radius 2 is 2.23 bits per heavy atom. The summed E-state index contributed by atoms with van der Waals surface area (Å²) in [6, 6.07) is 3.55. The summed E-state index contributed by atoms with van der Waals surface area (Å²) < 4.78 is 5.87. The number of aromatic nitrogens is 1. The first-order valence-corrected chi connectivity index (χ1v) is 8.34. The van der Waals surface area contributed by atoms with Crippen LogP contribution in [0.2, 0.25) is 0 Å². The summed E-state index contributed by atoms with van der Waals surface area (Å²) in [5, 5.41) is 10.8. The van der Waals surface area contributed by atoms with Crippen molar-refractivity contribution in [3.05, 3.63) is 24.0 Å². The molecule has 0 spiro atoms. The van der Waals surface area contributed by atoms with E-state index in [1.165, 1.54) is 12.8 Å². The second-order valence-corrected chi connectivity index (χ2v) is 6.57. The molecule has 0 radical (unpaired) electrons. The van der Waals surface area contributed by atoms with E-state index >= 15 is 0 Å². The zero-order chi connectivity index (χ0) is 16.0. The molecule has 0 saturated heterocycles. The maximum atomic E-state index is 11.0. The van der Waals surface area contributed by atoms with Gasteiger partial charge in [-0.3, -0.25) is 4.79 Å². The standard InChI is InChI=1S/C18H27NO3/c1-3-10-18(2,21)15-8-5-4-7-14(15)13-22-17-9-6-11-19-16(17)12-20/h6,9,11-12,14-15,21H,3-5,7-8,10,13H2,1-2H3. The van der Waals surface area contributed by atoms with Crippen LogP contribution in [0.25, 0.3) is 0 Å². The third-order valence-corrected chi connectivity index (χ3v) is 4.83. The maximum absolute atomic E-state index is 11.0. The fourth-order valence-corrected chi connectivity index (χ4v) is 3.73. The number of pyridine rings is 1. The van der Waals surface area contributed by atoms with Crippen molar-refractivity contribution in [2.45, 2.75) is 58.0 Å². The van der Waals surface area contributed by atoms with E-state index in [4.69, 9.17) is 4.74 Å². The molecule has 4 nitrogen and oxygen atoms in total. The molecule has 1 heterocycles. The monoisotopic (exact) mass is 305 g/mol. The molecular formula is C18H27NO3. The molecule has 0 aliphatic heterocycles. The molecule has 3 atom stereocenters. The Hall–Kier alpha value is -1.42. The number of nitrogens with zero attached hydrogens (tertiary/aromatic N) is 1. The fourth-order valence-electron chi connectivity index (χ4n) is 3.73. The molecule has 1 aromatic heterocycles. The number of hydrogen-bond acceptors (Lipinski definition) is 4. The van der Waals surface area contributed by atoms with E-state index in [0.717, 1.165) is 32.0 Å². The molecule has 3 unspecified atom stereocenters. The fraction of sp³-hybridized carbons (Fsp3) is 0.667. The van der Waals surface area contributed by atoms with Crippen molar-refractivity contribution in [2.24, 2.45) is 11.8 Å². The second kappa shape index (κ2) is 7.73.